The number of hydrogen-bond donors (Lipinski definition) is 5. The molecule has 3 saturated carbocycles. The Hall–Kier alpha value is -0.580. The zero-order valence-electron chi connectivity index (χ0n) is 29.5. The van der Waals surface area contributed by atoms with Crippen LogP contribution in [0.25, 0.3) is 0 Å². The van der Waals surface area contributed by atoms with Gasteiger partial charge in [-0.2, -0.15) is 0 Å². The minimum absolute atomic E-state index is 0.101. The van der Waals surface area contributed by atoms with Crippen molar-refractivity contribution in [3.05, 3.63) is 11.6 Å². The zero-order chi connectivity index (χ0) is 33.4. The summed E-state index contributed by atoms with van der Waals surface area (Å²) in [5, 5.41) is 50.3. The highest BCUT2D eigenvalue weighted by atomic mass is 16.7. The lowest BCUT2D eigenvalue weighted by molar-refractivity contribution is -0.315. The Morgan fingerprint density at radius 1 is 0.957 bits per heavy atom. The van der Waals surface area contributed by atoms with E-state index in [2.05, 4.69) is 47.6 Å². The second-order valence-electron chi connectivity index (χ2n) is 16.8. The van der Waals surface area contributed by atoms with Crippen LogP contribution in [0.3, 0.4) is 0 Å². The quantitative estimate of drug-likeness (QED) is 0.172. The molecular weight excluding hydrogens is 584 g/mol. The van der Waals surface area contributed by atoms with Gasteiger partial charge in [0.1, 0.15) is 30.5 Å². The molecule has 0 amide bonds. The second-order valence-corrected chi connectivity index (χ2v) is 16.8. The van der Waals surface area contributed by atoms with E-state index in [9.17, 15) is 20.4 Å². The van der Waals surface area contributed by atoms with Gasteiger partial charge in [-0.1, -0.05) is 66.0 Å². The van der Waals surface area contributed by atoms with Gasteiger partial charge in [0.25, 0.3) is 0 Å². The number of allylic oxidation sites excluding steroid dienone is 1. The highest BCUT2D eigenvalue weighted by Gasteiger charge is 2.59. The van der Waals surface area contributed by atoms with Crippen LogP contribution in [0.5, 0.6) is 0 Å². The van der Waals surface area contributed by atoms with Crippen LogP contribution in [0.4, 0.5) is 0 Å². The van der Waals surface area contributed by atoms with Gasteiger partial charge in [-0.05, 0) is 110 Å². The summed E-state index contributed by atoms with van der Waals surface area (Å²) in [5.41, 5.74) is 2.11. The van der Waals surface area contributed by atoms with Crippen molar-refractivity contribution in [3.8, 4) is 0 Å². The molecule has 0 aromatic heterocycles. The van der Waals surface area contributed by atoms with Crippen LogP contribution in [-0.4, -0.2) is 88.3 Å². The molecule has 8 nitrogen and oxygen atoms in total. The van der Waals surface area contributed by atoms with Crippen LogP contribution < -0.4 is 0 Å². The SMILES string of the molecule is CC[C@H](CC[C@@H](C)[C@H]1CC[C@H]2[C@@H]3CC=C4C[C@@H](O[C@@H]5O[C@H](COC[C@H](O)CO)[C@@H](O)[C@H](O)[C@H]5O)CC[C@]4(C)[C@H]3CC[C@]12C)C(C)C. The molecule has 4 aliphatic carbocycles. The Morgan fingerprint density at radius 2 is 1.72 bits per heavy atom. The van der Waals surface area contributed by atoms with E-state index in [-0.39, 0.29) is 24.7 Å². The average molecular weight is 651 g/mol. The number of aliphatic hydroxyl groups excluding tert-OH is 5. The molecule has 46 heavy (non-hydrogen) atoms. The first-order chi connectivity index (χ1) is 21.8. The van der Waals surface area contributed by atoms with Crippen LogP contribution in [0.1, 0.15) is 112 Å². The molecule has 0 bridgehead atoms. The molecule has 5 aliphatic rings. The van der Waals surface area contributed by atoms with Gasteiger partial charge < -0.3 is 39.7 Å². The first-order valence-corrected chi connectivity index (χ1v) is 18.7. The molecule has 1 saturated heterocycles. The van der Waals surface area contributed by atoms with Crippen molar-refractivity contribution in [1.29, 1.82) is 0 Å². The van der Waals surface area contributed by atoms with Crippen LogP contribution in [-0.2, 0) is 14.2 Å². The van der Waals surface area contributed by atoms with E-state index in [1.807, 2.05) is 0 Å². The van der Waals surface area contributed by atoms with Gasteiger partial charge in [-0.25, -0.2) is 0 Å². The van der Waals surface area contributed by atoms with E-state index in [1.165, 1.54) is 50.5 Å². The van der Waals surface area contributed by atoms with Crippen molar-refractivity contribution < 1.29 is 39.7 Å². The summed E-state index contributed by atoms with van der Waals surface area (Å²) >= 11 is 0. The Balaban J connectivity index is 1.20. The summed E-state index contributed by atoms with van der Waals surface area (Å²) < 4.78 is 17.6. The Kier molecular flexibility index (Phi) is 12.1. The summed E-state index contributed by atoms with van der Waals surface area (Å²) in [6.07, 6.45) is 8.53. The third kappa shape index (κ3) is 7.17. The lowest BCUT2D eigenvalue weighted by Gasteiger charge is -2.58. The highest BCUT2D eigenvalue weighted by molar-refractivity contribution is 5.25. The normalized spacial score (nSPS) is 44.6. The lowest BCUT2D eigenvalue weighted by atomic mass is 9.47. The number of ether oxygens (including phenoxy) is 3. The minimum Gasteiger partial charge on any atom is -0.394 e. The van der Waals surface area contributed by atoms with Gasteiger partial charge in [-0.15, -0.1) is 0 Å². The molecular formula is C38H66O8. The first kappa shape index (κ1) is 36.7. The molecule has 266 valence electrons. The molecule has 5 rings (SSSR count). The van der Waals surface area contributed by atoms with Crippen LogP contribution in [0.15, 0.2) is 11.6 Å². The average Bonchev–Trinajstić information content (AvgIpc) is 3.39. The van der Waals surface area contributed by atoms with E-state index in [0.29, 0.717) is 11.3 Å². The van der Waals surface area contributed by atoms with E-state index in [0.717, 1.165) is 61.2 Å². The molecule has 0 radical (unpaired) electrons. The fourth-order valence-corrected chi connectivity index (χ4v) is 11.1. The van der Waals surface area contributed by atoms with E-state index < -0.39 is 43.4 Å². The molecule has 4 fully saturated rings. The largest absolute Gasteiger partial charge is 0.394 e. The summed E-state index contributed by atoms with van der Waals surface area (Å²) in [7, 11) is 0. The van der Waals surface area contributed by atoms with Crippen molar-refractivity contribution in [1.82, 2.24) is 0 Å². The highest BCUT2D eigenvalue weighted by Crippen LogP contribution is 2.67. The summed E-state index contributed by atoms with van der Waals surface area (Å²) in [6.45, 7) is 14.2. The molecule has 5 N–H and O–H groups in total. The van der Waals surface area contributed by atoms with Gasteiger partial charge in [0.05, 0.1) is 25.9 Å². The number of aliphatic hydroxyl groups is 5. The zero-order valence-corrected chi connectivity index (χ0v) is 29.5. The topological polar surface area (TPSA) is 129 Å². The number of hydrogen-bond acceptors (Lipinski definition) is 8. The Bertz CT molecular complexity index is 1020. The second kappa shape index (κ2) is 15.1. The van der Waals surface area contributed by atoms with Gasteiger partial charge in [-0.3, -0.25) is 0 Å². The minimum atomic E-state index is -1.43. The number of fused-ring (bicyclic) bond motifs is 5. The van der Waals surface area contributed by atoms with Crippen LogP contribution in [0.2, 0.25) is 0 Å². The number of rotatable bonds is 13. The van der Waals surface area contributed by atoms with Crippen molar-refractivity contribution >= 4 is 0 Å². The van der Waals surface area contributed by atoms with Gasteiger partial charge in [0.2, 0.25) is 0 Å². The molecule has 15 atom stereocenters. The van der Waals surface area contributed by atoms with Crippen LogP contribution in [0, 0.1) is 52.3 Å². The van der Waals surface area contributed by atoms with Crippen molar-refractivity contribution in [2.75, 3.05) is 19.8 Å². The Morgan fingerprint density at radius 3 is 2.41 bits per heavy atom. The predicted octanol–water partition coefficient (Wildman–Crippen LogP) is 5.23. The standard InChI is InChI=1S/C38H66O8/c1-7-24(22(2)3)9-8-23(4)29-12-13-30-28-11-10-25-18-27(14-16-37(25,5)31(28)15-17-38(29,30)6)45-36-35(43)34(42)33(41)32(46-36)21-44-20-26(40)19-39/h10,22-24,26-36,39-43H,7-9,11-21H2,1-6H3/t23-,24-,26-,27+,28+,29-,30+,31+,32-,33-,34+,35-,36-,37+,38-/m1/s1. The van der Waals surface area contributed by atoms with E-state index >= 15 is 0 Å². The summed E-state index contributed by atoms with van der Waals surface area (Å²) in [5.74, 6) is 5.54. The van der Waals surface area contributed by atoms with Crippen LogP contribution >= 0.6 is 0 Å². The molecule has 0 aromatic carbocycles. The summed E-state index contributed by atoms with van der Waals surface area (Å²) in [4.78, 5) is 0. The van der Waals surface area contributed by atoms with Crippen molar-refractivity contribution in [2.45, 2.75) is 155 Å². The van der Waals surface area contributed by atoms with Gasteiger partial charge >= 0.3 is 0 Å². The maximum absolute atomic E-state index is 10.7. The third-order valence-electron chi connectivity index (χ3n) is 14.1. The van der Waals surface area contributed by atoms with E-state index in [1.54, 1.807) is 0 Å². The molecule has 8 heteroatoms. The first-order valence-electron chi connectivity index (χ1n) is 18.7. The maximum Gasteiger partial charge on any atom is 0.186 e. The molecule has 1 aliphatic heterocycles. The predicted molar refractivity (Wildman–Crippen MR) is 178 cm³/mol. The fourth-order valence-electron chi connectivity index (χ4n) is 11.1. The lowest BCUT2D eigenvalue weighted by Crippen LogP contribution is -2.60. The molecule has 0 aromatic rings. The van der Waals surface area contributed by atoms with Crippen molar-refractivity contribution in [2.24, 2.45) is 52.3 Å². The maximum atomic E-state index is 10.7. The fraction of sp³-hybridized carbons (Fsp3) is 0.947. The monoisotopic (exact) mass is 650 g/mol. The van der Waals surface area contributed by atoms with E-state index in [4.69, 9.17) is 19.3 Å². The smallest absolute Gasteiger partial charge is 0.186 e. The summed E-state index contributed by atoms with van der Waals surface area (Å²) in [6, 6.07) is 0. The van der Waals surface area contributed by atoms with Crippen molar-refractivity contribution in [3.63, 3.8) is 0 Å². The third-order valence-corrected chi connectivity index (χ3v) is 14.1. The van der Waals surface area contributed by atoms with Gasteiger partial charge in [0, 0.05) is 0 Å². The molecule has 1 heterocycles. The van der Waals surface area contributed by atoms with Gasteiger partial charge in [0.15, 0.2) is 6.29 Å². The Labute approximate surface area is 278 Å². The molecule has 0 spiro atoms. The molecule has 0 unspecified atom stereocenters.